The number of nitrogens with zero attached hydrogens (tertiary/aromatic N) is 4. The molecule has 0 N–H and O–H groups in total. The third-order valence-electron chi connectivity index (χ3n) is 10.9. The minimum atomic E-state index is 0.693. The van der Waals surface area contributed by atoms with E-state index in [-0.39, 0.29) is 0 Å². The molecule has 0 aliphatic rings. The highest BCUT2D eigenvalue weighted by Crippen LogP contribution is 2.44. The zero-order valence-electron chi connectivity index (χ0n) is 30.4. The van der Waals surface area contributed by atoms with Gasteiger partial charge < -0.3 is 9.13 Å². The molecule has 0 saturated heterocycles. The lowest BCUT2D eigenvalue weighted by Gasteiger charge is -2.12. The van der Waals surface area contributed by atoms with Crippen molar-refractivity contribution in [3.8, 4) is 56.4 Å². The molecule has 262 valence electrons. The number of para-hydroxylation sites is 2. The molecule has 11 rings (SSSR count). The van der Waals surface area contributed by atoms with Crippen molar-refractivity contribution in [2.75, 3.05) is 0 Å². The number of hydrogen-bond acceptors (Lipinski definition) is 2. The molecule has 0 spiro atoms. The third kappa shape index (κ3) is 5.15. The van der Waals surface area contributed by atoms with E-state index in [1.807, 2.05) is 12.1 Å². The summed E-state index contributed by atoms with van der Waals surface area (Å²) in [6, 6.07) is 73.1. The Kier molecular flexibility index (Phi) is 7.46. The van der Waals surface area contributed by atoms with Crippen molar-refractivity contribution >= 4 is 43.6 Å². The van der Waals surface area contributed by atoms with Gasteiger partial charge in [-0.25, -0.2) is 9.97 Å². The topological polar surface area (TPSA) is 35.6 Å². The number of rotatable bonds is 6. The van der Waals surface area contributed by atoms with Crippen LogP contribution in [-0.4, -0.2) is 19.1 Å². The van der Waals surface area contributed by atoms with Crippen LogP contribution in [0.15, 0.2) is 206 Å². The summed E-state index contributed by atoms with van der Waals surface area (Å²) in [5.74, 6) is 0.693. The quantitative estimate of drug-likeness (QED) is 0.172. The minimum absolute atomic E-state index is 0.693. The van der Waals surface area contributed by atoms with Gasteiger partial charge in [0.05, 0.1) is 33.5 Å². The normalized spacial score (nSPS) is 11.6. The van der Waals surface area contributed by atoms with E-state index in [0.29, 0.717) is 5.82 Å². The van der Waals surface area contributed by atoms with Gasteiger partial charge in [0.1, 0.15) is 0 Å². The van der Waals surface area contributed by atoms with Crippen LogP contribution in [0.3, 0.4) is 0 Å². The van der Waals surface area contributed by atoms with Crippen LogP contribution in [0.4, 0.5) is 0 Å². The molecule has 4 heteroatoms. The smallest absolute Gasteiger partial charge is 0.160 e. The molecule has 0 atom stereocenters. The van der Waals surface area contributed by atoms with Gasteiger partial charge in [-0.2, -0.15) is 0 Å². The Bertz CT molecular complexity index is 3140. The van der Waals surface area contributed by atoms with Crippen LogP contribution < -0.4 is 0 Å². The fourth-order valence-electron chi connectivity index (χ4n) is 8.44. The average molecular weight is 715 g/mol. The summed E-state index contributed by atoms with van der Waals surface area (Å²) in [7, 11) is 0. The lowest BCUT2D eigenvalue weighted by Crippen LogP contribution is -1.98. The molecule has 0 unspecified atom stereocenters. The van der Waals surface area contributed by atoms with Gasteiger partial charge in [-0.1, -0.05) is 146 Å². The van der Waals surface area contributed by atoms with E-state index in [0.717, 1.165) is 45.0 Å². The second kappa shape index (κ2) is 13.1. The summed E-state index contributed by atoms with van der Waals surface area (Å²) < 4.78 is 4.86. The number of hydrogen-bond donors (Lipinski definition) is 0. The Morgan fingerprint density at radius 3 is 1.52 bits per heavy atom. The molecular weight excluding hydrogens is 681 g/mol. The molecule has 8 aromatic carbocycles. The molecule has 0 aliphatic carbocycles. The molecular formula is C52H34N4. The van der Waals surface area contributed by atoms with Crippen LogP contribution in [0.2, 0.25) is 0 Å². The van der Waals surface area contributed by atoms with E-state index in [2.05, 4.69) is 203 Å². The molecule has 0 bridgehead atoms. The Morgan fingerprint density at radius 2 is 0.857 bits per heavy atom. The maximum Gasteiger partial charge on any atom is 0.160 e. The van der Waals surface area contributed by atoms with E-state index in [1.165, 1.54) is 49.2 Å². The van der Waals surface area contributed by atoms with Crippen LogP contribution in [0, 0.1) is 0 Å². The monoisotopic (exact) mass is 714 g/mol. The largest absolute Gasteiger partial charge is 0.309 e. The maximum absolute atomic E-state index is 5.12. The van der Waals surface area contributed by atoms with Gasteiger partial charge >= 0.3 is 0 Å². The Hall–Kier alpha value is -7.56. The zero-order chi connectivity index (χ0) is 37.0. The second-order valence-electron chi connectivity index (χ2n) is 14.2. The number of benzene rings is 8. The fraction of sp³-hybridized carbons (Fsp3) is 0. The van der Waals surface area contributed by atoms with Crippen molar-refractivity contribution in [2.24, 2.45) is 0 Å². The minimum Gasteiger partial charge on any atom is -0.309 e. The van der Waals surface area contributed by atoms with Crippen molar-refractivity contribution < 1.29 is 0 Å². The highest BCUT2D eigenvalue weighted by atomic mass is 15.0. The molecule has 11 aromatic rings. The van der Waals surface area contributed by atoms with Crippen LogP contribution >= 0.6 is 0 Å². The first-order valence-corrected chi connectivity index (χ1v) is 19.0. The lowest BCUT2D eigenvalue weighted by atomic mass is 9.99. The van der Waals surface area contributed by atoms with Crippen molar-refractivity contribution in [3.05, 3.63) is 206 Å². The first-order valence-electron chi connectivity index (χ1n) is 19.0. The number of fused-ring (bicyclic) bond motifs is 7. The van der Waals surface area contributed by atoms with Gasteiger partial charge in [0.2, 0.25) is 0 Å². The van der Waals surface area contributed by atoms with Crippen LogP contribution in [0.5, 0.6) is 0 Å². The van der Waals surface area contributed by atoms with E-state index in [1.54, 1.807) is 0 Å². The molecule has 56 heavy (non-hydrogen) atoms. The zero-order valence-corrected chi connectivity index (χ0v) is 30.4. The maximum atomic E-state index is 5.12. The molecule has 0 fully saturated rings. The molecule has 4 nitrogen and oxygen atoms in total. The summed E-state index contributed by atoms with van der Waals surface area (Å²) >= 11 is 0. The highest BCUT2D eigenvalue weighted by molar-refractivity contribution is 6.28. The van der Waals surface area contributed by atoms with E-state index in [9.17, 15) is 0 Å². The second-order valence-corrected chi connectivity index (χ2v) is 14.2. The van der Waals surface area contributed by atoms with Gasteiger partial charge in [-0.05, 0) is 71.8 Å². The first kappa shape index (κ1) is 31.9. The number of aromatic nitrogens is 4. The van der Waals surface area contributed by atoms with Crippen LogP contribution in [-0.2, 0) is 0 Å². The van der Waals surface area contributed by atoms with Crippen molar-refractivity contribution in [3.63, 3.8) is 0 Å². The molecule has 0 radical (unpaired) electrons. The Balaban J connectivity index is 1.17. The van der Waals surface area contributed by atoms with E-state index in [4.69, 9.17) is 9.97 Å². The van der Waals surface area contributed by atoms with Gasteiger partial charge in [0.25, 0.3) is 0 Å². The van der Waals surface area contributed by atoms with Gasteiger partial charge in [-0.3, -0.25) is 0 Å². The van der Waals surface area contributed by atoms with Crippen molar-refractivity contribution in [1.29, 1.82) is 0 Å². The van der Waals surface area contributed by atoms with Crippen LogP contribution in [0.25, 0.3) is 100 Å². The average Bonchev–Trinajstić information content (AvgIpc) is 3.81. The third-order valence-corrected chi connectivity index (χ3v) is 10.9. The summed E-state index contributed by atoms with van der Waals surface area (Å²) in [6.07, 6.45) is 0. The Labute approximate surface area is 324 Å². The Morgan fingerprint density at radius 1 is 0.321 bits per heavy atom. The summed E-state index contributed by atoms with van der Waals surface area (Å²) in [6.45, 7) is 0. The molecule has 0 saturated carbocycles. The molecule has 0 aliphatic heterocycles. The highest BCUT2D eigenvalue weighted by Gasteiger charge is 2.22. The molecule has 0 amide bonds. The summed E-state index contributed by atoms with van der Waals surface area (Å²) in [5, 5.41) is 4.91. The van der Waals surface area contributed by atoms with Crippen LogP contribution in [0.1, 0.15) is 0 Å². The molecule has 3 heterocycles. The predicted molar refractivity (Wildman–Crippen MR) is 232 cm³/mol. The first-order chi connectivity index (χ1) is 27.8. The van der Waals surface area contributed by atoms with Crippen molar-refractivity contribution in [1.82, 2.24) is 19.1 Å². The van der Waals surface area contributed by atoms with E-state index < -0.39 is 0 Å². The van der Waals surface area contributed by atoms with E-state index >= 15 is 0 Å². The predicted octanol–water partition coefficient (Wildman–Crippen LogP) is 13.3. The molecule has 3 aromatic heterocycles. The summed E-state index contributed by atoms with van der Waals surface area (Å²) in [5.41, 5.74) is 14.2. The fourth-order valence-corrected chi connectivity index (χ4v) is 8.44. The summed E-state index contributed by atoms with van der Waals surface area (Å²) in [4.78, 5) is 10.2. The van der Waals surface area contributed by atoms with Gasteiger partial charge in [-0.15, -0.1) is 0 Å². The lowest BCUT2D eigenvalue weighted by molar-refractivity contribution is 1.16. The van der Waals surface area contributed by atoms with Crippen molar-refractivity contribution in [2.45, 2.75) is 0 Å². The van der Waals surface area contributed by atoms with Gasteiger partial charge in [0, 0.05) is 49.6 Å². The van der Waals surface area contributed by atoms with Gasteiger partial charge in [0.15, 0.2) is 5.82 Å². The standard InChI is InChI=1S/C52H34N4/c1-5-16-35(17-6-1)41-25-15-27-47-49(41)43-32-33-48-50(42-24-13-14-26-46(42)55(48)39-22-11-4-12-23-39)51(43)56(47)40-30-28-38(29-31-40)52-53-44(36-18-7-2-8-19-36)34-45(54-52)37-20-9-3-10-21-37/h1-34H. The SMILES string of the molecule is c1ccc(-c2cc(-c3ccccc3)nc(-c3ccc(-n4c5cccc(-c6ccccc6)c5c5ccc6c(c7ccccc7n6-c6ccccc6)c54)cc3)n2)cc1.